The first-order valence-corrected chi connectivity index (χ1v) is 7.61. The summed E-state index contributed by atoms with van der Waals surface area (Å²) in [5.74, 6) is 0.351. The minimum Gasteiger partial charge on any atom is -0.463 e. The number of carbonyl (C=O) groups excluding carboxylic acids is 1. The molecule has 124 valence electrons. The van der Waals surface area contributed by atoms with Crippen LogP contribution in [-0.2, 0) is 13.1 Å². The molecule has 0 bridgehead atoms. The van der Waals surface area contributed by atoms with Crippen LogP contribution in [0.2, 0.25) is 0 Å². The van der Waals surface area contributed by atoms with E-state index in [1.807, 2.05) is 6.92 Å². The zero-order chi connectivity index (χ0) is 16.9. The summed E-state index contributed by atoms with van der Waals surface area (Å²) < 4.78 is 8.18. The van der Waals surface area contributed by atoms with Gasteiger partial charge >= 0.3 is 0 Å². The van der Waals surface area contributed by atoms with Crippen LogP contribution in [0.3, 0.4) is 0 Å². The van der Waals surface area contributed by atoms with Crippen LogP contribution in [0.1, 0.15) is 17.4 Å². The largest absolute Gasteiger partial charge is 0.463 e. The molecule has 3 aromatic rings. The number of nitrogens with one attached hydrogen (secondary N) is 1. The van der Waals surface area contributed by atoms with Gasteiger partial charge in [-0.3, -0.25) is 14.3 Å². The molecule has 24 heavy (non-hydrogen) atoms. The molecule has 0 spiro atoms. The van der Waals surface area contributed by atoms with Gasteiger partial charge in [-0.15, -0.1) is 0 Å². The molecule has 0 fully saturated rings. The number of hydrogen-bond acceptors (Lipinski definition) is 5. The molecule has 8 heteroatoms. The van der Waals surface area contributed by atoms with E-state index in [1.54, 1.807) is 41.4 Å². The molecule has 0 aliphatic carbocycles. The lowest BCUT2D eigenvalue weighted by atomic mass is 10.3. The van der Waals surface area contributed by atoms with Crippen LogP contribution in [0.5, 0.6) is 0 Å². The average molecular weight is 327 g/mol. The zero-order valence-electron chi connectivity index (χ0n) is 13.2. The lowest BCUT2D eigenvalue weighted by Crippen LogP contribution is -2.33. The van der Waals surface area contributed by atoms with Gasteiger partial charge in [0.05, 0.1) is 12.8 Å². The standard InChI is InChI=1S/C16H17N5O3/c1-2-20-13(7-8-18-20)16(23)17-9-10-21-15(22)6-5-12(19-21)14-4-3-11-24-14/h3-8,11H,2,9-10H2,1H3,(H,17,23). The van der Waals surface area contributed by atoms with Crippen LogP contribution in [0, 0.1) is 0 Å². The van der Waals surface area contributed by atoms with E-state index in [4.69, 9.17) is 4.42 Å². The second-order valence-corrected chi connectivity index (χ2v) is 5.05. The van der Waals surface area contributed by atoms with E-state index in [1.165, 1.54) is 10.7 Å². The topological polar surface area (TPSA) is 95.0 Å². The Balaban J connectivity index is 1.65. The van der Waals surface area contributed by atoms with Gasteiger partial charge in [-0.25, -0.2) is 4.68 Å². The monoisotopic (exact) mass is 327 g/mol. The molecule has 0 aromatic carbocycles. The predicted molar refractivity (Wildman–Crippen MR) is 86.4 cm³/mol. The van der Waals surface area contributed by atoms with Crippen molar-refractivity contribution < 1.29 is 9.21 Å². The molecule has 0 radical (unpaired) electrons. The Kier molecular flexibility index (Phi) is 4.55. The Labute approximate surface area is 137 Å². The quantitative estimate of drug-likeness (QED) is 0.733. The third-order valence-corrected chi connectivity index (χ3v) is 3.50. The summed E-state index contributed by atoms with van der Waals surface area (Å²) in [6, 6.07) is 8.21. The average Bonchev–Trinajstić information content (AvgIpc) is 3.27. The summed E-state index contributed by atoms with van der Waals surface area (Å²) in [4.78, 5) is 24.0. The number of nitrogens with zero attached hydrogens (tertiary/aromatic N) is 4. The lowest BCUT2D eigenvalue weighted by Gasteiger charge is -2.08. The van der Waals surface area contributed by atoms with Crippen molar-refractivity contribution >= 4 is 5.91 Å². The molecule has 0 aliphatic rings. The first-order valence-electron chi connectivity index (χ1n) is 7.61. The maximum Gasteiger partial charge on any atom is 0.269 e. The van der Waals surface area contributed by atoms with E-state index < -0.39 is 0 Å². The first kappa shape index (κ1) is 15.7. The highest BCUT2D eigenvalue weighted by molar-refractivity contribution is 5.92. The van der Waals surface area contributed by atoms with E-state index in [0.29, 0.717) is 23.7 Å². The van der Waals surface area contributed by atoms with E-state index in [-0.39, 0.29) is 24.6 Å². The van der Waals surface area contributed by atoms with Crippen LogP contribution in [-0.4, -0.2) is 32.0 Å². The molecule has 0 aliphatic heterocycles. The van der Waals surface area contributed by atoms with Crippen molar-refractivity contribution in [3.8, 4) is 11.5 Å². The zero-order valence-corrected chi connectivity index (χ0v) is 13.2. The number of hydrogen-bond donors (Lipinski definition) is 1. The van der Waals surface area contributed by atoms with Gasteiger partial charge in [-0.2, -0.15) is 10.2 Å². The SMILES string of the molecule is CCn1nccc1C(=O)NCCn1nc(-c2ccco2)ccc1=O. The Morgan fingerprint density at radius 2 is 2.12 bits per heavy atom. The summed E-state index contributed by atoms with van der Waals surface area (Å²) in [7, 11) is 0. The molecular formula is C16H17N5O3. The maximum absolute atomic E-state index is 12.1. The molecule has 3 rings (SSSR count). The third kappa shape index (κ3) is 3.27. The molecule has 8 nitrogen and oxygen atoms in total. The van der Waals surface area contributed by atoms with Gasteiger partial charge in [-0.05, 0) is 31.2 Å². The molecule has 3 heterocycles. The number of aromatic nitrogens is 4. The van der Waals surface area contributed by atoms with Gasteiger partial charge in [0.15, 0.2) is 5.76 Å². The first-order chi connectivity index (χ1) is 11.7. The fourth-order valence-corrected chi connectivity index (χ4v) is 2.31. The molecule has 1 amide bonds. The molecule has 0 saturated heterocycles. The van der Waals surface area contributed by atoms with Crippen molar-refractivity contribution in [3.63, 3.8) is 0 Å². The van der Waals surface area contributed by atoms with Gasteiger partial charge in [0.2, 0.25) is 0 Å². The number of carbonyl (C=O) groups is 1. The van der Waals surface area contributed by atoms with Crippen molar-refractivity contribution in [2.45, 2.75) is 20.0 Å². The second kappa shape index (κ2) is 6.95. The Bertz CT molecular complexity index is 879. The van der Waals surface area contributed by atoms with E-state index in [0.717, 1.165) is 0 Å². The highest BCUT2D eigenvalue weighted by atomic mass is 16.3. The smallest absolute Gasteiger partial charge is 0.269 e. The molecule has 0 unspecified atom stereocenters. The number of aryl methyl sites for hydroxylation is 1. The molecular weight excluding hydrogens is 310 g/mol. The summed E-state index contributed by atoms with van der Waals surface area (Å²) >= 11 is 0. The van der Waals surface area contributed by atoms with Crippen molar-refractivity contribution in [2.24, 2.45) is 0 Å². The summed E-state index contributed by atoms with van der Waals surface area (Å²) in [6.45, 7) is 3.07. The van der Waals surface area contributed by atoms with Gasteiger partial charge < -0.3 is 9.73 Å². The minimum atomic E-state index is -0.238. The minimum absolute atomic E-state index is 0.232. The molecule has 3 aromatic heterocycles. The maximum atomic E-state index is 12.1. The van der Waals surface area contributed by atoms with Crippen molar-refractivity contribution in [1.82, 2.24) is 24.9 Å². The van der Waals surface area contributed by atoms with Crippen LogP contribution in [0.25, 0.3) is 11.5 Å². The number of amides is 1. The van der Waals surface area contributed by atoms with Gasteiger partial charge in [0.1, 0.15) is 11.4 Å². The second-order valence-electron chi connectivity index (χ2n) is 5.05. The van der Waals surface area contributed by atoms with Crippen LogP contribution < -0.4 is 10.9 Å². The van der Waals surface area contributed by atoms with Crippen LogP contribution in [0.4, 0.5) is 0 Å². The Morgan fingerprint density at radius 3 is 2.88 bits per heavy atom. The van der Waals surface area contributed by atoms with Crippen molar-refractivity contribution in [2.75, 3.05) is 6.54 Å². The lowest BCUT2D eigenvalue weighted by molar-refractivity contribution is 0.0941. The van der Waals surface area contributed by atoms with Gasteiger partial charge in [-0.1, -0.05) is 0 Å². The van der Waals surface area contributed by atoms with E-state index >= 15 is 0 Å². The summed E-state index contributed by atoms with van der Waals surface area (Å²) in [5, 5.41) is 11.1. The van der Waals surface area contributed by atoms with E-state index in [9.17, 15) is 9.59 Å². The fourth-order valence-electron chi connectivity index (χ4n) is 2.31. The van der Waals surface area contributed by atoms with Gasteiger partial charge in [0, 0.05) is 25.4 Å². The van der Waals surface area contributed by atoms with Crippen molar-refractivity contribution in [1.29, 1.82) is 0 Å². The normalized spacial score (nSPS) is 10.7. The Morgan fingerprint density at radius 1 is 1.25 bits per heavy atom. The predicted octanol–water partition coefficient (Wildman–Crippen LogP) is 1.15. The third-order valence-electron chi connectivity index (χ3n) is 3.50. The van der Waals surface area contributed by atoms with Crippen LogP contribution >= 0.6 is 0 Å². The summed E-state index contributed by atoms with van der Waals surface area (Å²) in [5.41, 5.74) is 0.815. The highest BCUT2D eigenvalue weighted by Crippen LogP contribution is 2.14. The Hall–Kier alpha value is -3.16. The molecule has 1 N–H and O–H groups in total. The van der Waals surface area contributed by atoms with Crippen molar-refractivity contribution in [3.05, 3.63) is 58.8 Å². The number of furan rings is 1. The fraction of sp³-hybridized carbons (Fsp3) is 0.250. The number of rotatable bonds is 6. The molecule has 0 saturated carbocycles. The summed E-state index contributed by atoms with van der Waals surface area (Å²) in [6.07, 6.45) is 3.13. The molecule has 0 atom stereocenters. The van der Waals surface area contributed by atoms with E-state index in [2.05, 4.69) is 15.5 Å². The van der Waals surface area contributed by atoms with Crippen LogP contribution in [0.15, 0.2) is 52.0 Å². The highest BCUT2D eigenvalue weighted by Gasteiger charge is 2.11. The van der Waals surface area contributed by atoms with Gasteiger partial charge in [0.25, 0.3) is 11.5 Å².